The van der Waals surface area contributed by atoms with E-state index in [0.717, 1.165) is 22.3 Å². The molecule has 1 fully saturated rings. The third kappa shape index (κ3) is 12.5. The zero-order chi connectivity index (χ0) is 36.8. The molecule has 0 amide bonds. The molecule has 4 aromatic rings. The highest BCUT2D eigenvalue weighted by molar-refractivity contribution is 7.70. The summed E-state index contributed by atoms with van der Waals surface area (Å²) in [5, 5.41) is -2.14. The van der Waals surface area contributed by atoms with Crippen molar-refractivity contribution in [3.05, 3.63) is 144 Å². The fourth-order valence-corrected chi connectivity index (χ4v) is 8.48. The van der Waals surface area contributed by atoms with Crippen molar-refractivity contribution in [1.82, 2.24) is 0 Å². The van der Waals surface area contributed by atoms with E-state index in [2.05, 4.69) is 0 Å². The normalized spacial score (nSPS) is 21.0. The van der Waals surface area contributed by atoms with Crippen LogP contribution >= 0.6 is 15.2 Å². The summed E-state index contributed by atoms with van der Waals surface area (Å²) in [4.78, 5) is 38.5. The Bertz CT molecular complexity index is 1670. The smallest absolute Gasteiger partial charge is 0.340 e. The maximum Gasteiger partial charge on any atom is 0.340 e. The second kappa shape index (κ2) is 19.9. The van der Waals surface area contributed by atoms with Crippen LogP contribution in [0.1, 0.15) is 35.1 Å². The molecule has 4 aromatic carbocycles. The van der Waals surface area contributed by atoms with Gasteiger partial charge >= 0.3 is 15.2 Å². The van der Waals surface area contributed by atoms with Crippen LogP contribution in [0.5, 0.6) is 0 Å². The van der Waals surface area contributed by atoms with Crippen molar-refractivity contribution in [2.75, 3.05) is 13.2 Å². The number of ether oxygens (including phenoxy) is 6. The Balaban J connectivity index is 1.42. The molecule has 5 atom stereocenters. The maximum atomic E-state index is 11.9. The summed E-state index contributed by atoms with van der Waals surface area (Å²) < 4.78 is 62.5. The molecule has 1 aliphatic heterocycles. The van der Waals surface area contributed by atoms with Gasteiger partial charge < -0.3 is 48.0 Å². The van der Waals surface area contributed by atoms with Crippen molar-refractivity contribution in [3.63, 3.8) is 0 Å². The molecular formula is C38H46O12P2. The number of hydrogen-bond donors (Lipinski definition) is 4. The third-order valence-corrected chi connectivity index (χ3v) is 12.4. The van der Waals surface area contributed by atoms with Gasteiger partial charge in [-0.3, -0.25) is 9.13 Å². The monoisotopic (exact) mass is 756 g/mol. The molecule has 1 aliphatic rings. The van der Waals surface area contributed by atoms with E-state index >= 15 is 0 Å². The first-order valence-electron chi connectivity index (χ1n) is 17.0. The van der Waals surface area contributed by atoms with Crippen molar-refractivity contribution in [2.45, 2.75) is 75.4 Å². The second-order valence-corrected chi connectivity index (χ2v) is 16.5. The van der Waals surface area contributed by atoms with Crippen LogP contribution in [0.3, 0.4) is 0 Å². The molecule has 0 aliphatic carbocycles. The van der Waals surface area contributed by atoms with Crippen LogP contribution in [0.4, 0.5) is 0 Å². The Morgan fingerprint density at radius 1 is 0.538 bits per heavy atom. The van der Waals surface area contributed by atoms with E-state index < -0.39 is 57.7 Å². The van der Waals surface area contributed by atoms with Gasteiger partial charge in [0.05, 0.1) is 33.0 Å². The summed E-state index contributed by atoms with van der Waals surface area (Å²) in [6.45, 7) is 0.914. The topological polar surface area (TPSA) is 170 Å². The van der Waals surface area contributed by atoms with Gasteiger partial charge in [0.2, 0.25) is 0 Å². The van der Waals surface area contributed by atoms with Crippen molar-refractivity contribution < 1.29 is 57.1 Å². The van der Waals surface area contributed by atoms with Gasteiger partial charge in [0, 0.05) is 6.61 Å². The first-order chi connectivity index (χ1) is 25.1. The van der Waals surface area contributed by atoms with E-state index in [1.165, 1.54) is 0 Å². The van der Waals surface area contributed by atoms with E-state index in [-0.39, 0.29) is 39.5 Å². The lowest BCUT2D eigenvalue weighted by Crippen LogP contribution is -2.61. The molecule has 5 rings (SSSR count). The predicted molar refractivity (Wildman–Crippen MR) is 193 cm³/mol. The highest BCUT2D eigenvalue weighted by atomic mass is 31.2. The first-order valence-corrected chi connectivity index (χ1v) is 20.4. The zero-order valence-electron chi connectivity index (χ0n) is 28.6. The van der Waals surface area contributed by atoms with Crippen molar-refractivity contribution in [1.29, 1.82) is 0 Å². The average Bonchev–Trinajstić information content (AvgIpc) is 3.13. The van der Waals surface area contributed by atoms with Gasteiger partial charge in [-0.05, 0) is 35.1 Å². The van der Waals surface area contributed by atoms with Gasteiger partial charge in [-0.1, -0.05) is 121 Å². The minimum atomic E-state index is -5.09. The Hall–Kier alpha value is -3.06. The zero-order valence-corrected chi connectivity index (χ0v) is 30.4. The van der Waals surface area contributed by atoms with Crippen LogP contribution in [0, 0.1) is 0 Å². The summed E-state index contributed by atoms with van der Waals surface area (Å²) in [5.74, 6) is 0. The van der Waals surface area contributed by atoms with Crippen LogP contribution in [-0.2, 0) is 64.0 Å². The van der Waals surface area contributed by atoms with Crippen LogP contribution < -0.4 is 0 Å². The Labute approximate surface area is 303 Å². The van der Waals surface area contributed by atoms with Gasteiger partial charge in [-0.15, -0.1) is 0 Å². The van der Waals surface area contributed by atoms with Crippen molar-refractivity contribution in [3.8, 4) is 0 Å². The molecule has 0 aromatic heterocycles. The molecular weight excluding hydrogens is 710 g/mol. The average molecular weight is 757 g/mol. The van der Waals surface area contributed by atoms with Crippen molar-refractivity contribution in [2.24, 2.45) is 0 Å². The number of benzene rings is 4. The fraction of sp³-hybridized carbons (Fsp3) is 0.368. The van der Waals surface area contributed by atoms with Gasteiger partial charge in [0.15, 0.2) is 11.7 Å². The lowest BCUT2D eigenvalue weighted by atomic mass is 9.97. The number of rotatable bonds is 20. The van der Waals surface area contributed by atoms with Gasteiger partial charge in [-0.2, -0.15) is 0 Å². The molecule has 12 nitrogen and oxygen atoms in total. The molecule has 1 heterocycles. The fourth-order valence-electron chi connectivity index (χ4n) is 5.88. The largest absolute Gasteiger partial charge is 0.374 e. The van der Waals surface area contributed by atoms with E-state index in [1.54, 1.807) is 0 Å². The summed E-state index contributed by atoms with van der Waals surface area (Å²) >= 11 is 0. The molecule has 52 heavy (non-hydrogen) atoms. The summed E-state index contributed by atoms with van der Waals surface area (Å²) in [6, 6.07) is 38.6. The molecule has 280 valence electrons. The molecule has 14 heteroatoms. The summed E-state index contributed by atoms with van der Waals surface area (Å²) in [5.41, 5.74) is 3.73. The van der Waals surface area contributed by atoms with Gasteiger partial charge in [-0.25, -0.2) is 0 Å². The standard InChI is InChI=1S/C38H46O12P2/c39-51(40,41)34(52(42,43)44)22-13-23-46-38-37(49-27-32-20-11-4-12-21-32)36(48-26-31-18-9-3-10-19-31)35(47-25-30-16-7-2-8-17-30)33(50-38)28-45-24-29-14-5-1-6-15-29/h1-12,14-21,33-38H,13,22-28H2,(H2,39,40,41)(H2,42,43,44). The van der Waals surface area contributed by atoms with Crippen LogP contribution in [-0.4, -0.2) is 68.9 Å². The predicted octanol–water partition coefficient (Wildman–Crippen LogP) is 6.16. The first kappa shape index (κ1) is 40.1. The van der Waals surface area contributed by atoms with E-state index in [4.69, 9.17) is 28.4 Å². The van der Waals surface area contributed by atoms with Gasteiger partial charge in [0.25, 0.3) is 0 Å². The quantitative estimate of drug-likeness (QED) is 0.0599. The van der Waals surface area contributed by atoms with Crippen LogP contribution in [0.15, 0.2) is 121 Å². The minimum Gasteiger partial charge on any atom is -0.374 e. The molecule has 1 saturated heterocycles. The molecule has 0 spiro atoms. The Kier molecular flexibility index (Phi) is 15.3. The summed E-state index contributed by atoms with van der Waals surface area (Å²) in [6.07, 6.45) is -4.66. The van der Waals surface area contributed by atoms with E-state index in [9.17, 15) is 28.7 Å². The third-order valence-electron chi connectivity index (χ3n) is 8.51. The lowest BCUT2D eigenvalue weighted by molar-refractivity contribution is -0.328. The van der Waals surface area contributed by atoms with E-state index in [0.29, 0.717) is 6.61 Å². The molecule has 0 bridgehead atoms. The van der Waals surface area contributed by atoms with E-state index in [1.807, 2.05) is 121 Å². The minimum absolute atomic E-state index is 0.0786. The Morgan fingerprint density at radius 2 is 0.942 bits per heavy atom. The summed E-state index contributed by atoms with van der Waals surface area (Å²) in [7, 11) is -10.2. The van der Waals surface area contributed by atoms with Crippen molar-refractivity contribution >= 4 is 15.2 Å². The highest BCUT2D eigenvalue weighted by Crippen LogP contribution is 2.61. The molecule has 4 N–H and O–H groups in total. The second-order valence-electron chi connectivity index (χ2n) is 12.5. The molecule has 5 unspecified atom stereocenters. The SMILES string of the molecule is O=P(O)(O)C(CCCOC1OC(COCc2ccccc2)C(OCc2ccccc2)C(OCc2ccccc2)C1OCc1ccccc1)P(=O)(O)O. The van der Waals surface area contributed by atoms with Gasteiger partial charge in [0.1, 0.15) is 24.4 Å². The van der Waals surface area contributed by atoms with Crippen LogP contribution in [0.25, 0.3) is 0 Å². The highest BCUT2D eigenvalue weighted by Gasteiger charge is 2.49. The molecule has 0 radical (unpaired) electrons. The lowest BCUT2D eigenvalue weighted by Gasteiger charge is -2.46. The number of hydrogen-bond acceptors (Lipinski definition) is 8. The maximum absolute atomic E-state index is 11.9. The molecule has 0 saturated carbocycles. The van der Waals surface area contributed by atoms with Crippen LogP contribution in [0.2, 0.25) is 0 Å². The Morgan fingerprint density at radius 3 is 1.38 bits per heavy atom.